The molecule has 3 rings (SSSR count). The number of ketones is 1. The Balaban J connectivity index is 1.94. The van der Waals surface area contributed by atoms with Crippen molar-refractivity contribution in [2.24, 2.45) is 7.05 Å². The molecule has 0 spiro atoms. The summed E-state index contributed by atoms with van der Waals surface area (Å²) in [5, 5.41) is 10.8. The second-order valence-electron chi connectivity index (χ2n) is 5.60. The van der Waals surface area contributed by atoms with E-state index in [1.165, 1.54) is 10.6 Å². The molecule has 0 bridgehead atoms. The van der Waals surface area contributed by atoms with Gasteiger partial charge in [-0.2, -0.15) is 0 Å². The highest BCUT2D eigenvalue weighted by atomic mass is 16.3. The molecule has 124 valence electrons. The Morgan fingerprint density at radius 1 is 1.00 bits per heavy atom. The fourth-order valence-corrected chi connectivity index (χ4v) is 2.66. The van der Waals surface area contributed by atoms with Crippen LogP contribution >= 0.6 is 0 Å². The van der Waals surface area contributed by atoms with Gasteiger partial charge in [-0.25, -0.2) is 0 Å². The summed E-state index contributed by atoms with van der Waals surface area (Å²) in [6, 6.07) is 16.6. The first-order valence-corrected chi connectivity index (χ1v) is 7.84. The highest BCUT2D eigenvalue weighted by molar-refractivity contribution is 6.09. The van der Waals surface area contributed by atoms with E-state index in [-0.39, 0.29) is 11.3 Å². The Labute approximate surface area is 145 Å². The average Bonchev–Trinajstić information content (AvgIpc) is 2.64. The lowest BCUT2D eigenvalue weighted by Crippen LogP contribution is -2.24. The maximum Gasteiger partial charge on any atom is 0.265 e. The number of carbonyl (C=O) groups is 1. The number of rotatable bonds is 4. The zero-order valence-corrected chi connectivity index (χ0v) is 13.7. The predicted octanol–water partition coefficient (Wildman–Crippen LogP) is 3.70. The smallest absolute Gasteiger partial charge is 0.265 e. The van der Waals surface area contributed by atoms with Crippen LogP contribution in [-0.4, -0.2) is 15.5 Å². The lowest BCUT2D eigenvalue weighted by Gasteiger charge is -2.09. The number of hydrogen-bond donors (Lipinski definition) is 1. The van der Waals surface area contributed by atoms with Gasteiger partial charge in [-0.1, -0.05) is 60.7 Å². The maximum atomic E-state index is 12.4. The fraction of sp³-hybridized carbons (Fsp3) is 0.0476. The molecule has 0 aliphatic rings. The number of aryl methyl sites for hydroxylation is 1. The number of fused-ring (bicyclic) bond motifs is 1. The van der Waals surface area contributed by atoms with Gasteiger partial charge >= 0.3 is 0 Å². The van der Waals surface area contributed by atoms with Gasteiger partial charge in [0.05, 0.1) is 5.52 Å². The standard InChI is InChI=1S/C21H17NO3/c1-22-17-13-7-6-12-16(17)20(24)19(21(22)25)18(23)14-8-5-11-15-9-3-2-4-10-15/h2-14,24H,1H3. The van der Waals surface area contributed by atoms with Crippen molar-refractivity contribution in [1.82, 2.24) is 4.57 Å². The van der Waals surface area contributed by atoms with E-state index < -0.39 is 11.3 Å². The van der Waals surface area contributed by atoms with E-state index in [1.54, 1.807) is 43.5 Å². The quantitative estimate of drug-likeness (QED) is 0.450. The largest absolute Gasteiger partial charge is 0.506 e. The number of carbonyl (C=O) groups excluding carboxylic acids is 1. The number of allylic oxidation sites excluding steroid dienone is 3. The monoisotopic (exact) mass is 331 g/mol. The van der Waals surface area contributed by atoms with Gasteiger partial charge in [0.2, 0.25) is 0 Å². The van der Waals surface area contributed by atoms with Crippen LogP contribution in [0.4, 0.5) is 0 Å². The van der Waals surface area contributed by atoms with Crippen LogP contribution in [0.1, 0.15) is 15.9 Å². The number of pyridine rings is 1. The van der Waals surface area contributed by atoms with E-state index in [0.29, 0.717) is 10.9 Å². The molecule has 1 heterocycles. The summed E-state index contributed by atoms with van der Waals surface area (Å²) >= 11 is 0. The Hall–Kier alpha value is -3.40. The number of nitrogens with zero attached hydrogens (tertiary/aromatic N) is 1. The first-order valence-electron chi connectivity index (χ1n) is 7.84. The normalized spacial score (nSPS) is 11.6. The minimum Gasteiger partial charge on any atom is -0.506 e. The zero-order valence-electron chi connectivity index (χ0n) is 13.7. The lowest BCUT2D eigenvalue weighted by atomic mass is 10.1. The summed E-state index contributed by atoms with van der Waals surface area (Å²) in [6.07, 6.45) is 6.41. The van der Waals surface area contributed by atoms with Crippen molar-refractivity contribution in [3.8, 4) is 5.75 Å². The minimum absolute atomic E-state index is 0.217. The topological polar surface area (TPSA) is 59.3 Å². The summed E-state index contributed by atoms with van der Waals surface area (Å²) < 4.78 is 1.37. The van der Waals surface area contributed by atoms with Gasteiger partial charge in [-0.05, 0) is 23.8 Å². The van der Waals surface area contributed by atoms with Crippen molar-refractivity contribution in [3.63, 3.8) is 0 Å². The van der Waals surface area contributed by atoms with Crippen molar-refractivity contribution in [3.05, 3.63) is 94.3 Å². The second kappa shape index (κ2) is 7.01. The zero-order chi connectivity index (χ0) is 17.8. The van der Waals surface area contributed by atoms with Gasteiger partial charge in [-0.3, -0.25) is 9.59 Å². The third-order valence-electron chi connectivity index (χ3n) is 3.97. The van der Waals surface area contributed by atoms with Crippen molar-refractivity contribution in [1.29, 1.82) is 0 Å². The number of aromatic nitrogens is 1. The Morgan fingerprint density at radius 2 is 1.68 bits per heavy atom. The van der Waals surface area contributed by atoms with Gasteiger partial charge < -0.3 is 9.67 Å². The Morgan fingerprint density at radius 3 is 2.44 bits per heavy atom. The molecule has 0 unspecified atom stereocenters. The summed E-state index contributed by atoms with van der Waals surface area (Å²) in [7, 11) is 1.58. The van der Waals surface area contributed by atoms with Crippen LogP contribution < -0.4 is 5.56 Å². The van der Waals surface area contributed by atoms with Crippen LogP contribution in [0.5, 0.6) is 5.75 Å². The molecule has 0 saturated heterocycles. The van der Waals surface area contributed by atoms with Crippen molar-refractivity contribution in [2.45, 2.75) is 0 Å². The Bertz CT molecular complexity index is 1040. The van der Waals surface area contributed by atoms with Gasteiger partial charge in [0.1, 0.15) is 11.3 Å². The summed E-state index contributed by atoms with van der Waals surface area (Å²) in [5.74, 6) is -0.804. The molecule has 0 aliphatic heterocycles. The maximum absolute atomic E-state index is 12.4. The molecule has 0 radical (unpaired) electrons. The van der Waals surface area contributed by atoms with E-state index in [4.69, 9.17) is 0 Å². The van der Waals surface area contributed by atoms with Crippen LogP contribution in [0.3, 0.4) is 0 Å². The molecule has 0 aliphatic carbocycles. The van der Waals surface area contributed by atoms with E-state index in [2.05, 4.69) is 0 Å². The van der Waals surface area contributed by atoms with Crippen LogP contribution in [0.25, 0.3) is 17.0 Å². The third-order valence-corrected chi connectivity index (χ3v) is 3.97. The van der Waals surface area contributed by atoms with Crippen molar-refractivity contribution >= 4 is 22.8 Å². The van der Waals surface area contributed by atoms with E-state index in [0.717, 1.165) is 5.56 Å². The lowest BCUT2D eigenvalue weighted by molar-refractivity contribution is 0.104. The van der Waals surface area contributed by atoms with Gasteiger partial charge in [0.15, 0.2) is 5.78 Å². The molecule has 4 heteroatoms. The molecule has 4 nitrogen and oxygen atoms in total. The number of hydrogen-bond acceptors (Lipinski definition) is 3. The molecule has 1 aromatic heterocycles. The number of benzene rings is 2. The van der Waals surface area contributed by atoms with Crippen molar-refractivity contribution in [2.75, 3.05) is 0 Å². The summed E-state index contributed by atoms with van der Waals surface area (Å²) in [4.78, 5) is 24.8. The molecule has 0 amide bonds. The van der Waals surface area contributed by atoms with E-state index >= 15 is 0 Å². The van der Waals surface area contributed by atoms with E-state index in [1.807, 2.05) is 36.4 Å². The first kappa shape index (κ1) is 16.5. The SMILES string of the molecule is Cn1c(=O)c(C(=O)C=CC=Cc2ccccc2)c(O)c2ccccc21. The molecular weight excluding hydrogens is 314 g/mol. The molecule has 0 atom stereocenters. The molecule has 3 aromatic rings. The summed E-state index contributed by atoms with van der Waals surface area (Å²) in [5.41, 5.74) is 0.849. The van der Waals surface area contributed by atoms with Crippen LogP contribution in [0.15, 0.2) is 77.6 Å². The van der Waals surface area contributed by atoms with Crippen LogP contribution in [0.2, 0.25) is 0 Å². The van der Waals surface area contributed by atoms with Crippen LogP contribution in [-0.2, 0) is 7.05 Å². The molecule has 25 heavy (non-hydrogen) atoms. The first-order chi connectivity index (χ1) is 12.1. The predicted molar refractivity (Wildman–Crippen MR) is 99.8 cm³/mol. The molecular formula is C21H17NO3. The van der Waals surface area contributed by atoms with Gasteiger partial charge in [0.25, 0.3) is 5.56 Å². The van der Waals surface area contributed by atoms with Gasteiger partial charge in [-0.15, -0.1) is 0 Å². The molecule has 1 N–H and O–H groups in total. The average molecular weight is 331 g/mol. The molecule has 2 aromatic carbocycles. The minimum atomic E-state index is -0.526. The highest BCUT2D eigenvalue weighted by Crippen LogP contribution is 2.26. The fourth-order valence-electron chi connectivity index (χ4n) is 2.66. The van der Waals surface area contributed by atoms with Gasteiger partial charge in [0, 0.05) is 12.4 Å². The van der Waals surface area contributed by atoms with Crippen LogP contribution in [0, 0.1) is 0 Å². The van der Waals surface area contributed by atoms with E-state index in [9.17, 15) is 14.7 Å². The Kier molecular flexibility index (Phi) is 4.61. The summed E-state index contributed by atoms with van der Waals surface area (Å²) in [6.45, 7) is 0. The second-order valence-corrected chi connectivity index (χ2v) is 5.60. The van der Waals surface area contributed by atoms with Crippen molar-refractivity contribution < 1.29 is 9.90 Å². The molecule has 0 saturated carbocycles. The number of aromatic hydroxyl groups is 1. The molecule has 0 fully saturated rings. The third kappa shape index (κ3) is 3.28. The highest BCUT2D eigenvalue weighted by Gasteiger charge is 2.18. The number of para-hydroxylation sites is 1.